The van der Waals surface area contributed by atoms with Crippen LogP contribution in [-0.2, 0) is 6.61 Å². The molecule has 1 aliphatic rings. The lowest BCUT2D eigenvalue weighted by Crippen LogP contribution is -2.08. The van der Waals surface area contributed by atoms with E-state index in [1.54, 1.807) is 12.1 Å². The van der Waals surface area contributed by atoms with Crippen LogP contribution in [-0.4, -0.2) is 23.2 Å². The van der Waals surface area contributed by atoms with E-state index in [9.17, 15) is 4.39 Å². The van der Waals surface area contributed by atoms with Crippen molar-refractivity contribution < 1.29 is 13.7 Å². The molecule has 0 spiro atoms. The van der Waals surface area contributed by atoms with Crippen LogP contribution < -0.4 is 10.1 Å². The highest BCUT2D eigenvalue weighted by molar-refractivity contribution is 5.85. The SMILES string of the molecule is Cl.Fc1cccc(OCc2noc([C@H]3CCNC3)n2)c1. The number of rotatable bonds is 4. The first kappa shape index (κ1) is 14.7. The molecule has 1 saturated heterocycles. The summed E-state index contributed by atoms with van der Waals surface area (Å²) in [5.74, 6) is 1.53. The Bertz CT molecular complexity index is 558. The van der Waals surface area contributed by atoms with Gasteiger partial charge < -0.3 is 14.6 Å². The monoisotopic (exact) mass is 299 g/mol. The lowest BCUT2D eigenvalue weighted by molar-refractivity contribution is 0.283. The zero-order valence-corrected chi connectivity index (χ0v) is 11.5. The standard InChI is InChI=1S/C13H14FN3O2.ClH/c14-10-2-1-3-11(6-10)18-8-12-16-13(19-17-12)9-4-5-15-7-9;/h1-3,6,9,15H,4-5,7-8H2;1H/t9-;/m0./s1. The Morgan fingerprint density at radius 1 is 1.45 bits per heavy atom. The summed E-state index contributed by atoms with van der Waals surface area (Å²) in [5, 5.41) is 7.11. The minimum atomic E-state index is -0.330. The van der Waals surface area contributed by atoms with E-state index in [1.807, 2.05) is 0 Å². The Morgan fingerprint density at radius 3 is 3.10 bits per heavy atom. The molecule has 2 aromatic rings. The number of nitrogens with zero attached hydrogens (tertiary/aromatic N) is 2. The van der Waals surface area contributed by atoms with E-state index >= 15 is 0 Å². The number of benzene rings is 1. The number of aromatic nitrogens is 2. The van der Waals surface area contributed by atoms with E-state index in [0.29, 0.717) is 17.5 Å². The minimum Gasteiger partial charge on any atom is -0.485 e. The molecule has 2 heterocycles. The van der Waals surface area contributed by atoms with Crippen LogP contribution in [0, 0.1) is 5.82 Å². The fraction of sp³-hybridized carbons (Fsp3) is 0.385. The van der Waals surface area contributed by atoms with E-state index in [2.05, 4.69) is 15.5 Å². The van der Waals surface area contributed by atoms with E-state index in [-0.39, 0.29) is 30.7 Å². The average Bonchev–Trinajstić information content (AvgIpc) is 3.07. The van der Waals surface area contributed by atoms with E-state index in [4.69, 9.17) is 9.26 Å². The van der Waals surface area contributed by atoms with Crippen molar-refractivity contribution in [3.63, 3.8) is 0 Å². The Kier molecular flexibility index (Phi) is 4.92. The van der Waals surface area contributed by atoms with Crippen LogP contribution in [0.2, 0.25) is 0 Å². The van der Waals surface area contributed by atoms with Crippen molar-refractivity contribution in [2.24, 2.45) is 0 Å². The number of halogens is 2. The van der Waals surface area contributed by atoms with Crippen LogP contribution in [0.3, 0.4) is 0 Å². The molecule has 0 amide bonds. The third-order valence-electron chi connectivity index (χ3n) is 3.06. The summed E-state index contributed by atoms with van der Waals surface area (Å²) in [5.41, 5.74) is 0. The van der Waals surface area contributed by atoms with Gasteiger partial charge in [0.25, 0.3) is 0 Å². The summed E-state index contributed by atoms with van der Waals surface area (Å²) in [6.45, 7) is 2.02. The zero-order chi connectivity index (χ0) is 13.1. The van der Waals surface area contributed by atoms with Gasteiger partial charge in [-0.15, -0.1) is 12.4 Å². The molecular weight excluding hydrogens is 285 g/mol. The third-order valence-corrected chi connectivity index (χ3v) is 3.06. The molecule has 1 aliphatic heterocycles. The van der Waals surface area contributed by atoms with Crippen LogP contribution in [0.4, 0.5) is 4.39 Å². The molecule has 5 nitrogen and oxygen atoms in total. The number of nitrogens with one attached hydrogen (secondary N) is 1. The molecule has 0 unspecified atom stereocenters. The van der Waals surface area contributed by atoms with E-state index in [1.165, 1.54) is 12.1 Å². The number of hydrogen-bond acceptors (Lipinski definition) is 5. The Labute approximate surface area is 121 Å². The molecule has 7 heteroatoms. The largest absolute Gasteiger partial charge is 0.485 e. The molecule has 0 bridgehead atoms. The van der Waals surface area contributed by atoms with Gasteiger partial charge in [0.1, 0.15) is 11.6 Å². The maximum absolute atomic E-state index is 13.0. The maximum Gasteiger partial charge on any atom is 0.231 e. The Hall–Kier alpha value is -1.66. The topological polar surface area (TPSA) is 60.2 Å². The normalized spacial score (nSPS) is 17.8. The van der Waals surface area contributed by atoms with Crippen LogP contribution in [0.15, 0.2) is 28.8 Å². The molecule has 108 valence electrons. The van der Waals surface area contributed by atoms with Gasteiger partial charge >= 0.3 is 0 Å². The number of hydrogen-bond donors (Lipinski definition) is 1. The van der Waals surface area contributed by atoms with Crippen LogP contribution in [0.1, 0.15) is 24.1 Å². The van der Waals surface area contributed by atoms with Crippen molar-refractivity contribution in [1.29, 1.82) is 0 Å². The van der Waals surface area contributed by atoms with Crippen LogP contribution >= 0.6 is 12.4 Å². The lowest BCUT2D eigenvalue weighted by atomic mass is 10.1. The van der Waals surface area contributed by atoms with E-state index in [0.717, 1.165) is 19.5 Å². The van der Waals surface area contributed by atoms with Crippen molar-refractivity contribution >= 4 is 12.4 Å². The highest BCUT2D eigenvalue weighted by atomic mass is 35.5. The quantitative estimate of drug-likeness (QED) is 0.938. The van der Waals surface area contributed by atoms with Crippen molar-refractivity contribution in [3.8, 4) is 5.75 Å². The smallest absolute Gasteiger partial charge is 0.231 e. The second kappa shape index (κ2) is 6.67. The average molecular weight is 300 g/mol. The molecule has 1 atom stereocenters. The highest BCUT2D eigenvalue weighted by Gasteiger charge is 2.22. The Morgan fingerprint density at radius 2 is 2.35 bits per heavy atom. The van der Waals surface area contributed by atoms with E-state index < -0.39 is 0 Å². The summed E-state index contributed by atoms with van der Waals surface area (Å²) >= 11 is 0. The molecule has 20 heavy (non-hydrogen) atoms. The molecule has 0 saturated carbocycles. The summed E-state index contributed by atoms with van der Waals surface area (Å²) in [6, 6.07) is 5.97. The minimum absolute atomic E-state index is 0. The molecule has 1 N–H and O–H groups in total. The van der Waals surface area contributed by atoms with Gasteiger partial charge in [0, 0.05) is 12.6 Å². The second-order valence-corrected chi connectivity index (χ2v) is 4.48. The van der Waals surface area contributed by atoms with Crippen molar-refractivity contribution in [2.45, 2.75) is 18.9 Å². The first-order valence-corrected chi connectivity index (χ1v) is 6.23. The van der Waals surface area contributed by atoms with Gasteiger partial charge in [0.05, 0.1) is 5.92 Å². The first-order valence-electron chi connectivity index (χ1n) is 6.23. The zero-order valence-electron chi connectivity index (χ0n) is 10.7. The molecule has 0 aliphatic carbocycles. The maximum atomic E-state index is 13.0. The van der Waals surface area contributed by atoms with Gasteiger partial charge in [0.2, 0.25) is 11.7 Å². The fourth-order valence-corrected chi connectivity index (χ4v) is 2.06. The number of ether oxygens (including phenoxy) is 1. The lowest BCUT2D eigenvalue weighted by Gasteiger charge is -2.02. The van der Waals surface area contributed by atoms with Gasteiger partial charge in [0.15, 0.2) is 6.61 Å². The van der Waals surface area contributed by atoms with Gasteiger partial charge in [-0.25, -0.2) is 4.39 Å². The Balaban J connectivity index is 0.00000147. The summed E-state index contributed by atoms with van der Waals surface area (Å²) < 4.78 is 23.6. The van der Waals surface area contributed by atoms with Crippen molar-refractivity contribution in [3.05, 3.63) is 41.8 Å². The molecule has 1 aromatic heterocycles. The molecule has 1 fully saturated rings. The van der Waals surface area contributed by atoms with Crippen LogP contribution in [0.5, 0.6) is 5.75 Å². The molecule has 3 rings (SSSR count). The van der Waals surface area contributed by atoms with Crippen molar-refractivity contribution in [2.75, 3.05) is 13.1 Å². The molecule has 0 radical (unpaired) electrons. The third kappa shape index (κ3) is 3.46. The van der Waals surface area contributed by atoms with Gasteiger partial charge in [-0.2, -0.15) is 4.98 Å². The second-order valence-electron chi connectivity index (χ2n) is 4.48. The predicted molar refractivity (Wildman–Crippen MR) is 72.5 cm³/mol. The summed E-state index contributed by atoms with van der Waals surface area (Å²) in [7, 11) is 0. The summed E-state index contributed by atoms with van der Waals surface area (Å²) in [4.78, 5) is 4.29. The highest BCUT2D eigenvalue weighted by Crippen LogP contribution is 2.20. The summed E-state index contributed by atoms with van der Waals surface area (Å²) in [6.07, 6.45) is 1.01. The van der Waals surface area contributed by atoms with Gasteiger partial charge in [-0.1, -0.05) is 11.2 Å². The molecular formula is C13H15ClFN3O2. The fourth-order valence-electron chi connectivity index (χ4n) is 2.06. The van der Waals surface area contributed by atoms with Crippen LogP contribution in [0.25, 0.3) is 0 Å². The molecule has 1 aromatic carbocycles. The van der Waals surface area contributed by atoms with Gasteiger partial charge in [-0.3, -0.25) is 0 Å². The van der Waals surface area contributed by atoms with Gasteiger partial charge in [-0.05, 0) is 25.1 Å². The first-order chi connectivity index (χ1) is 9.31. The van der Waals surface area contributed by atoms with Crippen molar-refractivity contribution in [1.82, 2.24) is 15.5 Å². The predicted octanol–water partition coefficient (Wildman–Crippen LogP) is 2.29.